The highest BCUT2D eigenvalue weighted by atomic mass is 15.2. The molecule has 0 radical (unpaired) electrons. The molecule has 0 amide bonds. The fourth-order valence-corrected chi connectivity index (χ4v) is 3.21. The number of hydrogen-bond donors (Lipinski definition) is 0. The first-order valence-corrected chi connectivity index (χ1v) is 6.15. The van der Waals surface area contributed by atoms with Crippen LogP contribution in [0.2, 0.25) is 0 Å². The molecule has 1 atom stereocenters. The Bertz CT molecular complexity index is 210. The third-order valence-electron chi connectivity index (χ3n) is 4.76. The van der Waals surface area contributed by atoms with Crippen LogP contribution in [0.5, 0.6) is 0 Å². The Morgan fingerprint density at radius 1 is 1.21 bits per heavy atom. The molecular weight excluding hydrogens is 170 g/mol. The molecule has 2 fully saturated rings. The van der Waals surface area contributed by atoms with E-state index in [9.17, 15) is 0 Å². The van der Waals surface area contributed by atoms with Gasteiger partial charge in [-0.15, -0.1) is 0 Å². The summed E-state index contributed by atoms with van der Waals surface area (Å²) in [7, 11) is 2.33. The van der Waals surface area contributed by atoms with E-state index < -0.39 is 0 Å². The van der Waals surface area contributed by atoms with Gasteiger partial charge in [0.2, 0.25) is 0 Å². The Hall–Kier alpha value is -0.0400. The number of rotatable bonds is 0. The van der Waals surface area contributed by atoms with E-state index in [-0.39, 0.29) is 0 Å². The Labute approximate surface area is 88.9 Å². The number of likely N-dealkylation sites (tertiary alicyclic amines) is 1. The second kappa shape index (κ2) is 3.23. The third kappa shape index (κ3) is 1.60. The van der Waals surface area contributed by atoms with Gasteiger partial charge in [0.05, 0.1) is 0 Å². The van der Waals surface area contributed by atoms with Gasteiger partial charge in [0.15, 0.2) is 0 Å². The molecule has 2 rings (SSSR count). The van der Waals surface area contributed by atoms with Gasteiger partial charge in [0.25, 0.3) is 0 Å². The SMILES string of the molecule is CN1CC[C@H](C(C)(C)C)CC12CCC2. The second-order valence-corrected chi connectivity index (χ2v) is 6.56. The maximum atomic E-state index is 2.64. The van der Waals surface area contributed by atoms with Crippen LogP contribution in [-0.4, -0.2) is 24.0 Å². The summed E-state index contributed by atoms with van der Waals surface area (Å²) in [6.07, 6.45) is 7.22. The molecule has 0 aromatic heterocycles. The average Bonchev–Trinajstić information content (AvgIpc) is 2.00. The summed E-state index contributed by atoms with van der Waals surface area (Å²) < 4.78 is 0. The van der Waals surface area contributed by atoms with E-state index in [2.05, 4.69) is 32.7 Å². The van der Waals surface area contributed by atoms with Gasteiger partial charge in [-0.3, -0.25) is 0 Å². The highest BCUT2D eigenvalue weighted by Gasteiger charge is 2.46. The van der Waals surface area contributed by atoms with E-state index in [0.29, 0.717) is 11.0 Å². The number of nitrogens with zero attached hydrogens (tertiary/aromatic N) is 1. The zero-order valence-electron chi connectivity index (χ0n) is 10.3. The summed E-state index contributed by atoms with van der Waals surface area (Å²) in [5.41, 5.74) is 1.14. The van der Waals surface area contributed by atoms with Crippen LogP contribution in [-0.2, 0) is 0 Å². The van der Waals surface area contributed by atoms with E-state index in [1.165, 1.54) is 38.6 Å². The lowest BCUT2D eigenvalue weighted by atomic mass is 9.62. The van der Waals surface area contributed by atoms with E-state index >= 15 is 0 Å². The summed E-state index contributed by atoms with van der Waals surface area (Å²) in [5, 5.41) is 0. The molecule has 1 nitrogen and oxygen atoms in total. The van der Waals surface area contributed by atoms with Crippen LogP contribution in [0.3, 0.4) is 0 Å². The highest BCUT2D eigenvalue weighted by Crippen LogP contribution is 2.49. The molecule has 1 heterocycles. The number of hydrogen-bond acceptors (Lipinski definition) is 1. The van der Waals surface area contributed by atoms with Gasteiger partial charge in [-0.25, -0.2) is 0 Å². The summed E-state index contributed by atoms with van der Waals surface area (Å²) in [6.45, 7) is 8.56. The van der Waals surface area contributed by atoms with Gasteiger partial charge in [-0.05, 0) is 57.0 Å². The molecule has 0 aromatic carbocycles. The molecule has 1 spiro atoms. The topological polar surface area (TPSA) is 3.24 Å². The molecule has 0 N–H and O–H groups in total. The molecule has 1 aliphatic carbocycles. The predicted molar refractivity (Wildman–Crippen MR) is 61.4 cm³/mol. The van der Waals surface area contributed by atoms with E-state index in [0.717, 1.165) is 5.92 Å². The quantitative estimate of drug-likeness (QED) is 0.573. The standard InChI is InChI=1S/C13H25N/c1-12(2,3)11-6-9-14(4)13(10-11)7-5-8-13/h11H,5-10H2,1-4H3/t11-/m0/s1. The minimum atomic E-state index is 0.518. The minimum Gasteiger partial charge on any atom is -0.301 e. The maximum Gasteiger partial charge on any atom is 0.0209 e. The Balaban J connectivity index is 2.06. The monoisotopic (exact) mass is 195 g/mol. The van der Waals surface area contributed by atoms with Crippen molar-refractivity contribution < 1.29 is 0 Å². The molecule has 1 aliphatic heterocycles. The highest BCUT2D eigenvalue weighted by molar-refractivity contribution is 5.02. The van der Waals surface area contributed by atoms with Crippen molar-refractivity contribution in [2.45, 2.75) is 58.4 Å². The lowest BCUT2D eigenvalue weighted by Crippen LogP contribution is -2.57. The molecule has 1 saturated heterocycles. The normalized spacial score (nSPS) is 33.0. The van der Waals surface area contributed by atoms with Crippen molar-refractivity contribution in [3.05, 3.63) is 0 Å². The van der Waals surface area contributed by atoms with Crippen molar-refractivity contribution >= 4 is 0 Å². The summed E-state index contributed by atoms with van der Waals surface area (Å²) in [4.78, 5) is 2.64. The lowest BCUT2D eigenvalue weighted by molar-refractivity contribution is -0.0433. The maximum absolute atomic E-state index is 2.64. The second-order valence-electron chi connectivity index (χ2n) is 6.56. The van der Waals surface area contributed by atoms with Crippen molar-refractivity contribution in [3.8, 4) is 0 Å². The third-order valence-corrected chi connectivity index (χ3v) is 4.76. The van der Waals surface area contributed by atoms with Crippen LogP contribution in [0.4, 0.5) is 0 Å². The largest absolute Gasteiger partial charge is 0.301 e. The van der Waals surface area contributed by atoms with E-state index in [1.54, 1.807) is 0 Å². The van der Waals surface area contributed by atoms with Gasteiger partial charge in [-0.2, -0.15) is 0 Å². The minimum absolute atomic E-state index is 0.518. The van der Waals surface area contributed by atoms with Crippen molar-refractivity contribution in [2.75, 3.05) is 13.6 Å². The molecule has 82 valence electrons. The van der Waals surface area contributed by atoms with Crippen molar-refractivity contribution in [3.63, 3.8) is 0 Å². The predicted octanol–water partition coefficient (Wildman–Crippen LogP) is 3.30. The zero-order chi connectivity index (χ0) is 10.4. The van der Waals surface area contributed by atoms with Gasteiger partial charge in [-0.1, -0.05) is 20.8 Å². The first-order valence-electron chi connectivity index (χ1n) is 6.15. The number of piperidine rings is 1. The molecule has 1 saturated carbocycles. The van der Waals surface area contributed by atoms with Crippen LogP contribution in [0.1, 0.15) is 52.9 Å². The first kappa shape index (κ1) is 10.5. The fraction of sp³-hybridized carbons (Fsp3) is 1.00. The smallest absolute Gasteiger partial charge is 0.0209 e. The van der Waals surface area contributed by atoms with Gasteiger partial charge < -0.3 is 4.90 Å². The molecule has 0 aromatic rings. The van der Waals surface area contributed by atoms with E-state index in [4.69, 9.17) is 0 Å². The van der Waals surface area contributed by atoms with Gasteiger partial charge in [0.1, 0.15) is 0 Å². The molecular formula is C13H25N. The molecule has 2 aliphatic rings. The molecule has 14 heavy (non-hydrogen) atoms. The lowest BCUT2D eigenvalue weighted by Gasteiger charge is -2.56. The zero-order valence-corrected chi connectivity index (χ0v) is 10.3. The Morgan fingerprint density at radius 3 is 2.29 bits per heavy atom. The van der Waals surface area contributed by atoms with Crippen LogP contribution in [0.15, 0.2) is 0 Å². The summed E-state index contributed by atoms with van der Waals surface area (Å²) >= 11 is 0. The Kier molecular flexibility index (Phi) is 2.42. The van der Waals surface area contributed by atoms with Crippen molar-refractivity contribution in [1.29, 1.82) is 0 Å². The van der Waals surface area contributed by atoms with Gasteiger partial charge in [0, 0.05) is 5.54 Å². The molecule has 0 unspecified atom stereocenters. The van der Waals surface area contributed by atoms with Crippen LogP contribution in [0, 0.1) is 11.3 Å². The van der Waals surface area contributed by atoms with Crippen LogP contribution >= 0.6 is 0 Å². The van der Waals surface area contributed by atoms with Crippen molar-refractivity contribution in [1.82, 2.24) is 4.90 Å². The summed E-state index contributed by atoms with van der Waals surface area (Å²) in [5.74, 6) is 0.944. The van der Waals surface area contributed by atoms with Crippen molar-refractivity contribution in [2.24, 2.45) is 11.3 Å². The molecule has 1 heteroatoms. The van der Waals surface area contributed by atoms with Gasteiger partial charge >= 0.3 is 0 Å². The van der Waals surface area contributed by atoms with E-state index in [1.807, 2.05) is 0 Å². The summed E-state index contributed by atoms with van der Waals surface area (Å²) in [6, 6.07) is 0. The van der Waals surface area contributed by atoms with Crippen LogP contribution in [0.25, 0.3) is 0 Å². The average molecular weight is 195 g/mol. The first-order chi connectivity index (χ1) is 6.44. The van der Waals surface area contributed by atoms with Crippen LogP contribution < -0.4 is 0 Å². The fourth-order valence-electron chi connectivity index (χ4n) is 3.21. The Morgan fingerprint density at radius 2 is 1.86 bits per heavy atom. The molecule has 0 bridgehead atoms.